The first-order valence-corrected chi connectivity index (χ1v) is 7.36. The normalized spacial score (nSPS) is 18.3. The molecule has 2 aromatic rings. The molecule has 0 saturated carbocycles. The largest absolute Gasteiger partial charge is 0.368 e. The van der Waals surface area contributed by atoms with Crippen molar-refractivity contribution in [1.29, 1.82) is 0 Å². The van der Waals surface area contributed by atoms with E-state index in [-0.39, 0.29) is 0 Å². The third kappa shape index (κ3) is 2.60. The minimum absolute atomic E-state index is 0.525. The van der Waals surface area contributed by atoms with E-state index in [1.165, 1.54) is 32.4 Å². The summed E-state index contributed by atoms with van der Waals surface area (Å²) < 4.78 is 1.77. The minimum atomic E-state index is 0.525. The quantitative estimate of drug-likeness (QED) is 0.918. The smallest absolute Gasteiger partial charge is 0.163 e. The Bertz CT molecular complexity index is 572. The number of aromatic nitrogens is 4. The van der Waals surface area contributed by atoms with Gasteiger partial charge >= 0.3 is 0 Å². The van der Waals surface area contributed by atoms with E-state index >= 15 is 0 Å². The first-order valence-electron chi connectivity index (χ1n) is 7.36. The van der Waals surface area contributed by atoms with Crippen molar-refractivity contribution in [1.82, 2.24) is 24.6 Å². The van der Waals surface area contributed by atoms with Crippen LogP contribution in [0.15, 0.2) is 12.5 Å². The van der Waals surface area contributed by atoms with Gasteiger partial charge < -0.3 is 5.32 Å². The van der Waals surface area contributed by atoms with E-state index in [1.54, 1.807) is 11.0 Å². The van der Waals surface area contributed by atoms with Crippen molar-refractivity contribution in [2.45, 2.75) is 32.2 Å². The number of fused-ring (bicyclic) bond motifs is 1. The third-order valence-corrected chi connectivity index (χ3v) is 4.11. The third-order valence-electron chi connectivity index (χ3n) is 4.11. The van der Waals surface area contributed by atoms with Gasteiger partial charge in [0.1, 0.15) is 12.1 Å². The van der Waals surface area contributed by atoms with Crippen molar-refractivity contribution in [3.8, 4) is 0 Å². The summed E-state index contributed by atoms with van der Waals surface area (Å²) in [6.45, 7) is 5.62. The molecule has 0 bridgehead atoms. The molecule has 1 aliphatic rings. The molecule has 6 nitrogen and oxygen atoms in total. The lowest BCUT2D eigenvalue weighted by Crippen LogP contribution is -2.41. The fourth-order valence-corrected chi connectivity index (χ4v) is 2.84. The highest BCUT2D eigenvalue weighted by molar-refractivity contribution is 5.85. The van der Waals surface area contributed by atoms with Gasteiger partial charge in [-0.1, -0.05) is 6.42 Å². The molecule has 0 amide bonds. The molecule has 1 fully saturated rings. The molecule has 1 aliphatic heterocycles. The highest BCUT2D eigenvalue weighted by atomic mass is 15.3. The molecule has 6 heteroatoms. The Hall–Kier alpha value is -1.69. The van der Waals surface area contributed by atoms with E-state index in [9.17, 15) is 0 Å². The summed E-state index contributed by atoms with van der Waals surface area (Å²) in [5, 5.41) is 8.68. The molecule has 0 aliphatic carbocycles. The second kappa shape index (κ2) is 5.75. The summed E-state index contributed by atoms with van der Waals surface area (Å²) in [7, 11) is 1.90. The molecule has 3 rings (SSSR count). The average Bonchev–Trinajstić information content (AvgIpc) is 2.88. The second-order valence-corrected chi connectivity index (χ2v) is 5.55. The molecule has 20 heavy (non-hydrogen) atoms. The van der Waals surface area contributed by atoms with Crippen LogP contribution in [-0.2, 0) is 7.05 Å². The van der Waals surface area contributed by atoms with Crippen molar-refractivity contribution in [2.24, 2.45) is 7.05 Å². The minimum Gasteiger partial charge on any atom is -0.368 e. The lowest BCUT2D eigenvalue weighted by molar-refractivity contribution is 0.180. The lowest BCUT2D eigenvalue weighted by atomic mass is 10.1. The standard InChI is InChI=1S/C14H22N6/c1-11(20-6-4-3-5-7-20)8-15-13-12-9-18-19(2)14(12)17-10-16-13/h9-11H,3-8H2,1-2H3,(H,15,16,17). The number of likely N-dealkylation sites (tertiary alicyclic amines) is 1. The second-order valence-electron chi connectivity index (χ2n) is 5.55. The van der Waals surface area contributed by atoms with Crippen LogP contribution in [0.5, 0.6) is 0 Å². The average molecular weight is 274 g/mol. The van der Waals surface area contributed by atoms with Crippen LogP contribution < -0.4 is 5.32 Å². The first-order chi connectivity index (χ1) is 9.75. The Kier molecular flexibility index (Phi) is 3.82. The van der Waals surface area contributed by atoms with E-state index in [1.807, 2.05) is 13.2 Å². The fraction of sp³-hybridized carbons (Fsp3) is 0.643. The maximum Gasteiger partial charge on any atom is 0.163 e. The van der Waals surface area contributed by atoms with Gasteiger partial charge in [-0.05, 0) is 32.9 Å². The van der Waals surface area contributed by atoms with Gasteiger partial charge in [0.2, 0.25) is 0 Å². The number of anilines is 1. The van der Waals surface area contributed by atoms with Gasteiger partial charge in [-0.25, -0.2) is 9.97 Å². The van der Waals surface area contributed by atoms with E-state index in [4.69, 9.17) is 0 Å². The van der Waals surface area contributed by atoms with Gasteiger partial charge in [-0.2, -0.15) is 5.10 Å². The Morgan fingerprint density at radius 3 is 2.85 bits per heavy atom. The Balaban J connectivity index is 1.67. The zero-order chi connectivity index (χ0) is 13.9. The number of piperidine rings is 1. The van der Waals surface area contributed by atoms with Crippen LogP contribution in [-0.4, -0.2) is 50.3 Å². The number of hydrogen-bond acceptors (Lipinski definition) is 5. The molecule has 1 unspecified atom stereocenters. The van der Waals surface area contributed by atoms with E-state index in [2.05, 4.69) is 32.2 Å². The zero-order valence-electron chi connectivity index (χ0n) is 12.2. The molecular formula is C14H22N6. The van der Waals surface area contributed by atoms with Crippen LogP contribution in [0.4, 0.5) is 5.82 Å². The van der Waals surface area contributed by atoms with Crippen molar-refractivity contribution in [3.05, 3.63) is 12.5 Å². The van der Waals surface area contributed by atoms with Crippen molar-refractivity contribution in [2.75, 3.05) is 25.0 Å². The Morgan fingerprint density at radius 2 is 2.05 bits per heavy atom. The summed E-state index contributed by atoms with van der Waals surface area (Å²) in [5.41, 5.74) is 0.869. The summed E-state index contributed by atoms with van der Waals surface area (Å²) in [5.74, 6) is 0.881. The Labute approximate surface area is 119 Å². The number of aryl methyl sites for hydroxylation is 1. The fourth-order valence-electron chi connectivity index (χ4n) is 2.84. The van der Waals surface area contributed by atoms with Crippen LogP contribution in [0.1, 0.15) is 26.2 Å². The topological polar surface area (TPSA) is 58.9 Å². The van der Waals surface area contributed by atoms with Gasteiger partial charge in [-0.3, -0.25) is 9.58 Å². The van der Waals surface area contributed by atoms with Crippen LogP contribution in [0, 0.1) is 0 Å². The highest BCUT2D eigenvalue weighted by Crippen LogP contribution is 2.18. The predicted octanol–water partition coefficient (Wildman–Crippen LogP) is 1.65. The number of hydrogen-bond donors (Lipinski definition) is 1. The molecule has 0 spiro atoms. The van der Waals surface area contributed by atoms with Crippen LogP contribution >= 0.6 is 0 Å². The maximum absolute atomic E-state index is 4.34. The number of nitrogens with zero attached hydrogens (tertiary/aromatic N) is 5. The van der Waals surface area contributed by atoms with Crippen LogP contribution in [0.3, 0.4) is 0 Å². The van der Waals surface area contributed by atoms with Gasteiger partial charge in [0.15, 0.2) is 5.65 Å². The molecule has 1 atom stereocenters. The van der Waals surface area contributed by atoms with E-state index < -0.39 is 0 Å². The van der Waals surface area contributed by atoms with Crippen LogP contribution in [0.25, 0.3) is 11.0 Å². The molecule has 1 N–H and O–H groups in total. The number of rotatable bonds is 4. The van der Waals surface area contributed by atoms with E-state index in [0.29, 0.717) is 6.04 Å². The summed E-state index contributed by atoms with van der Waals surface area (Å²) >= 11 is 0. The Morgan fingerprint density at radius 1 is 1.25 bits per heavy atom. The molecule has 0 radical (unpaired) electrons. The monoisotopic (exact) mass is 274 g/mol. The summed E-state index contributed by atoms with van der Waals surface area (Å²) in [6, 6.07) is 0.525. The van der Waals surface area contributed by atoms with Gasteiger partial charge in [0.05, 0.1) is 11.6 Å². The van der Waals surface area contributed by atoms with Crippen LogP contribution in [0.2, 0.25) is 0 Å². The summed E-state index contributed by atoms with van der Waals surface area (Å²) in [6.07, 6.45) is 7.44. The SMILES string of the molecule is CC(CNc1ncnc2c1cnn2C)N1CCCCC1. The van der Waals surface area contributed by atoms with Crippen molar-refractivity contribution >= 4 is 16.9 Å². The molecule has 0 aromatic carbocycles. The zero-order valence-corrected chi connectivity index (χ0v) is 12.2. The summed E-state index contributed by atoms with van der Waals surface area (Å²) in [4.78, 5) is 11.2. The van der Waals surface area contributed by atoms with Gasteiger partial charge in [0, 0.05) is 19.6 Å². The van der Waals surface area contributed by atoms with Gasteiger partial charge in [0.25, 0.3) is 0 Å². The number of nitrogens with one attached hydrogen (secondary N) is 1. The van der Waals surface area contributed by atoms with Gasteiger partial charge in [-0.15, -0.1) is 0 Å². The van der Waals surface area contributed by atoms with Crippen molar-refractivity contribution in [3.63, 3.8) is 0 Å². The molecule has 108 valence electrons. The first kappa shape index (κ1) is 13.3. The molecule has 3 heterocycles. The van der Waals surface area contributed by atoms with Crippen molar-refractivity contribution < 1.29 is 0 Å². The molecular weight excluding hydrogens is 252 g/mol. The molecule has 1 saturated heterocycles. The molecule has 2 aromatic heterocycles. The van der Waals surface area contributed by atoms with E-state index in [0.717, 1.165) is 23.4 Å². The lowest BCUT2D eigenvalue weighted by Gasteiger charge is -2.32. The highest BCUT2D eigenvalue weighted by Gasteiger charge is 2.17. The predicted molar refractivity (Wildman–Crippen MR) is 79.7 cm³/mol. The maximum atomic E-state index is 4.34.